The van der Waals surface area contributed by atoms with Gasteiger partial charge in [0.1, 0.15) is 12.4 Å². The highest BCUT2D eigenvalue weighted by Crippen LogP contribution is 2.21. The summed E-state index contributed by atoms with van der Waals surface area (Å²) in [6.07, 6.45) is 16.9. The molecule has 0 atom stereocenters. The van der Waals surface area contributed by atoms with Gasteiger partial charge >= 0.3 is 0 Å². The van der Waals surface area contributed by atoms with Gasteiger partial charge in [0.2, 0.25) is 12.1 Å². The van der Waals surface area contributed by atoms with Crippen LogP contribution in [0.15, 0.2) is 115 Å². The van der Waals surface area contributed by atoms with Crippen LogP contribution in [0.3, 0.4) is 0 Å². The van der Waals surface area contributed by atoms with Crippen LogP contribution in [0.1, 0.15) is 12.8 Å². The number of hydrogen-bond acceptors (Lipinski definition) is 7. The molecule has 5 rings (SSSR count). The number of carbonyl (C=O) groups excluding carboxylic acids is 1. The predicted molar refractivity (Wildman–Crippen MR) is 163 cm³/mol. The minimum absolute atomic E-state index is 0.184. The van der Waals surface area contributed by atoms with E-state index in [0.29, 0.717) is 17.1 Å². The summed E-state index contributed by atoms with van der Waals surface area (Å²) >= 11 is 0. The van der Waals surface area contributed by atoms with Crippen LogP contribution in [0, 0.1) is 0 Å². The minimum Gasteiger partial charge on any atom is -0.397 e. The molecule has 10 nitrogen and oxygen atoms in total. The Morgan fingerprint density at radius 3 is 2.17 bits per heavy atom. The lowest BCUT2D eigenvalue weighted by atomic mass is 10.1. The molecule has 0 aliphatic heterocycles. The lowest BCUT2D eigenvalue weighted by Crippen LogP contribution is -2.23. The molecular formula is C31H36N9O+. The molecular weight excluding hydrogens is 514 g/mol. The number of aliphatic imine (C=N–C) groups is 1. The Balaban J connectivity index is 1.13. The number of benzene rings is 2. The van der Waals surface area contributed by atoms with E-state index in [1.54, 1.807) is 12.3 Å². The van der Waals surface area contributed by atoms with Crippen LogP contribution < -0.4 is 26.3 Å². The third-order valence-electron chi connectivity index (χ3n) is 6.64. The van der Waals surface area contributed by atoms with Crippen LogP contribution in [0.25, 0.3) is 0 Å². The van der Waals surface area contributed by atoms with Crippen molar-refractivity contribution in [3.63, 3.8) is 0 Å². The fourth-order valence-corrected chi connectivity index (χ4v) is 4.44. The van der Waals surface area contributed by atoms with Gasteiger partial charge in [0.25, 0.3) is 0 Å². The summed E-state index contributed by atoms with van der Waals surface area (Å²) in [4.78, 5) is 21.4. The average Bonchev–Trinajstić information content (AvgIpc) is 3.65. The van der Waals surface area contributed by atoms with Crippen molar-refractivity contribution in [2.45, 2.75) is 25.9 Å². The highest BCUT2D eigenvalue weighted by atomic mass is 16.1. The molecule has 0 saturated heterocycles. The Morgan fingerprint density at radius 1 is 0.878 bits per heavy atom. The number of nitrogens with zero attached hydrogens (tertiary/aromatic N) is 5. The minimum atomic E-state index is -0.184. The van der Waals surface area contributed by atoms with Gasteiger partial charge in [0.15, 0.2) is 0 Å². The summed E-state index contributed by atoms with van der Waals surface area (Å²) in [6, 6.07) is 15.7. The van der Waals surface area contributed by atoms with Gasteiger partial charge in [-0.3, -0.25) is 4.79 Å². The normalized spacial score (nSPS) is 14.1. The molecule has 0 fully saturated rings. The second-order valence-corrected chi connectivity index (χ2v) is 9.95. The van der Waals surface area contributed by atoms with Crippen molar-refractivity contribution >= 4 is 34.2 Å². The van der Waals surface area contributed by atoms with Crippen LogP contribution in [0.2, 0.25) is 0 Å². The van der Waals surface area contributed by atoms with Gasteiger partial charge in [-0.05, 0) is 61.0 Å². The van der Waals surface area contributed by atoms with Crippen LogP contribution in [0.5, 0.6) is 0 Å². The molecule has 0 amide bonds. The van der Waals surface area contributed by atoms with Gasteiger partial charge in [-0.1, -0.05) is 0 Å². The number of anilines is 3. The third-order valence-corrected chi connectivity index (χ3v) is 6.64. The van der Waals surface area contributed by atoms with E-state index in [-0.39, 0.29) is 5.78 Å². The van der Waals surface area contributed by atoms with Crippen LogP contribution in [0.4, 0.5) is 22.7 Å². The van der Waals surface area contributed by atoms with Crippen molar-refractivity contribution in [3.8, 4) is 0 Å². The van der Waals surface area contributed by atoms with E-state index in [0.717, 1.165) is 61.8 Å². The second-order valence-electron chi connectivity index (χ2n) is 9.95. The summed E-state index contributed by atoms with van der Waals surface area (Å²) in [5, 5.41) is 10.1. The summed E-state index contributed by atoms with van der Waals surface area (Å²) in [5.41, 5.74) is 11.1. The van der Waals surface area contributed by atoms with Crippen molar-refractivity contribution in [2.24, 2.45) is 17.8 Å². The standard InChI is InChI=1S/C31H35N9O/c1-38-18-19-40(23-38)16-3-13-35-24-4-8-26(9-5-24)36-29-21-30(31(41)20-28(29)32)37-27-10-6-25(7-11-27)34-12-2-15-39-17-14-33-22-39/h4-11,14,17-23H,2-3,12-13,15-16H2,1H3,(H4-,32,34,35,36,37,41)/p+1. The number of aromatic nitrogens is 4. The van der Waals surface area contributed by atoms with Crippen molar-refractivity contribution in [3.05, 3.63) is 110 Å². The fraction of sp³-hybridized carbons (Fsp3) is 0.226. The van der Waals surface area contributed by atoms with Crippen LogP contribution in [-0.2, 0) is 24.9 Å². The van der Waals surface area contributed by atoms with Gasteiger partial charge in [-0.15, -0.1) is 0 Å². The SMILES string of the molecule is C[n+]1ccn(CCCNc2ccc(N=C3C=C(Nc4ccc(NCCCn5ccnc5)cc4)C(=O)C=C3N)cc2)c1. The number of rotatable bonds is 13. The highest BCUT2D eigenvalue weighted by molar-refractivity contribution is 6.23. The molecule has 1 aliphatic carbocycles. The number of nitrogens with one attached hydrogen (secondary N) is 3. The highest BCUT2D eigenvalue weighted by Gasteiger charge is 2.17. The van der Waals surface area contributed by atoms with Gasteiger partial charge in [0, 0.05) is 61.6 Å². The molecule has 0 spiro atoms. The third kappa shape index (κ3) is 7.95. The van der Waals surface area contributed by atoms with E-state index in [2.05, 4.69) is 47.6 Å². The number of aryl methyl sites for hydroxylation is 3. The maximum atomic E-state index is 12.6. The molecule has 2 aromatic heterocycles. The monoisotopic (exact) mass is 550 g/mol. The Hall–Kier alpha value is -5.12. The van der Waals surface area contributed by atoms with E-state index in [1.807, 2.05) is 78.9 Å². The maximum absolute atomic E-state index is 12.6. The van der Waals surface area contributed by atoms with Crippen molar-refractivity contribution in [2.75, 3.05) is 29.0 Å². The van der Waals surface area contributed by atoms with Crippen molar-refractivity contribution in [1.82, 2.24) is 14.1 Å². The number of hydrogen-bond donors (Lipinski definition) is 4. The number of allylic oxidation sites excluding steroid dienone is 2. The molecule has 41 heavy (non-hydrogen) atoms. The molecule has 0 bridgehead atoms. The summed E-state index contributed by atoms with van der Waals surface area (Å²) < 4.78 is 6.27. The first-order valence-electron chi connectivity index (χ1n) is 13.8. The van der Waals surface area contributed by atoms with Gasteiger partial charge < -0.3 is 26.3 Å². The fourth-order valence-electron chi connectivity index (χ4n) is 4.44. The van der Waals surface area contributed by atoms with E-state index >= 15 is 0 Å². The Labute approximate surface area is 239 Å². The lowest BCUT2D eigenvalue weighted by Gasteiger charge is -2.15. The van der Waals surface area contributed by atoms with Gasteiger partial charge in [0.05, 0.1) is 42.7 Å². The van der Waals surface area contributed by atoms with Crippen molar-refractivity contribution < 1.29 is 9.36 Å². The summed E-state index contributed by atoms with van der Waals surface area (Å²) in [6.45, 7) is 3.60. The molecule has 0 unspecified atom stereocenters. The number of imidazole rings is 2. The van der Waals surface area contributed by atoms with Gasteiger partial charge in [-0.2, -0.15) is 0 Å². The first kappa shape index (κ1) is 27.4. The molecule has 0 radical (unpaired) electrons. The second kappa shape index (κ2) is 13.3. The molecule has 0 saturated carbocycles. The Kier molecular flexibility index (Phi) is 8.90. The molecule has 2 heterocycles. The number of carbonyl (C=O) groups is 1. The van der Waals surface area contributed by atoms with E-state index < -0.39 is 0 Å². The topological polar surface area (TPSA) is 118 Å². The lowest BCUT2D eigenvalue weighted by molar-refractivity contribution is -0.671. The maximum Gasteiger partial charge on any atom is 0.243 e. The molecule has 1 aliphatic rings. The van der Waals surface area contributed by atoms with Crippen LogP contribution >= 0.6 is 0 Å². The molecule has 210 valence electrons. The largest absolute Gasteiger partial charge is 0.397 e. The first-order chi connectivity index (χ1) is 20.0. The van der Waals surface area contributed by atoms with E-state index in [1.165, 1.54) is 6.08 Å². The number of nitrogens with two attached hydrogens (primary N) is 1. The smallest absolute Gasteiger partial charge is 0.243 e. The molecule has 4 aromatic rings. The quantitative estimate of drug-likeness (QED) is 0.114. The molecule has 2 aromatic carbocycles. The summed E-state index contributed by atoms with van der Waals surface area (Å²) in [5.74, 6) is -0.184. The van der Waals surface area contributed by atoms with Gasteiger partial charge in [-0.25, -0.2) is 19.1 Å². The predicted octanol–water partition coefficient (Wildman–Crippen LogP) is 4.01. The van der Waals surface area contributed by atoms with Crippen molar-refractivity contribution in [1.29, 1.82) is 0 Å². The zero-order valence-corrected chi connectivity index (χ0v) is 23.2. The number of ketones is 1. The first-order valence-corrected chi connectivity index (χ1v) is 13.8. The van der Waals surface area contributed by atoms with E-state index in [9.17, 15) is 4.79 Å². The zero-order chi connectivity index (χ0) is 28.4. The molecule has 5 N–H and O–H groups in total. The van der Waals surface area contributed by atoms with E-state index in [4.69, 9.17) is 5.73 Å². The Bertz CT molecular complexity index is 1530. The molecule has 10 heteroatoms. The zero-order valence-electron chi connectivity index (χ0n) is 23.2. The van der Waals surface area contributed by atoms with Crippen LogP contribution in [-0.4, -0.2) is 38.7 Å². The Morgan fingerprint density at radius 2 is 1.54 bits per heavy atom. The average molecular weight is 551 g/mol. The summed E-state index contributed by atoms with van der Waals surface area (Å²) in [7, 11) is 2.02.